The van der Waals surface area contributed by atoms with Gasteiger partial charge in [-0.05, 0) is 52.9 Å². The van der Waals surface area contributed by atoms with Gasteiger partial charge in [0.15, 0.2) is 0 Å². The number of carbonyl (C=O) groups excluding carboxylic acids is 1. The van der Waals surface area contributed by atoms with Gasteiger partial charge in [-0.2, -0.15) is 0 Å². The maximum atomic E-state index is 12.8. The van der Waals surface area contributed by atoms with Crippen molar-refractivity contribution < 1.29 is 4.79 Å². The minimum atomic E-state index is 0.285. The molecule has 146 valence electrons. The van der Waals surface area contributed by atoms with Crippen molar-refractivity contribution in [3.63, 3.8) is 0 Å². The van der Waals surface area contributed by atoms with E-state index in [0.717, 1.165) is 57.2 Å². The lowest BCUT2D eigenvalue weighted by molar-refractivity contribution is -0.133. The van der Waals surface area contributed by atoms with E-state index in [2.05, 4.69) is 29.5 Å². The molecule has 2 aliphatic heterocycles. The molecule has 0 N–H and O–H groups in total. The van der Waals surface area contributed by atoms with Gasteiger partial charge in [0, 0.05) is 26.1 Å². The van der Waals surface area contributed by atoms with E-state index in [9.17, 15) is 4.79 Å². The predicted molar refractivity (Wildman–Crippen MR) is 102 cm³/mol. The molecule has 1 atom stereocenters. The van der Waals surface area contributed by atoms with Crippen LogP contribution in [-0.4, -0.2) is 82.2 Å². The Morgan fingerprint density at radius 3 is 2.50 bits per heavy atom. The average molecular weight is 363 g/mol. The van der Waals surface area contributed by atoms with E-state index < -0.39 is 0 Å². The van der Waals surface area contributed by atoms with Crippen LogP contribution >= 0.6 is 0 Å². The summed E-state index contributed by atoms with van der Waals surface area (Å²) in [6, 6.07) is 0. The van der Waals surface area contributed by atoms with Crippen LogP contribution in [0.1, 0.15) is 56.1 Å². The summed E-state index contributed by atoms with van der Waals surface area (Å²) in [5.74, 6) is 2.59. The Kier molecular flexibility index (Phi) is 6.64. The van der Waals surface area contributed by atoms with Crippen LogP contribution in [0, 0.1) is 0 Å². The van der Waals surface area contributed by atoms with E-state index in [1.54, 1.807) is 0 Å². The topological polar surface area (TPSA) is 57.5 Å². The molecule has 2 fully saturated rings. The molecular formula is C19H34N6O. The van der Waals surface area contributed by atoms with Gasteiger partial charge in [-0.25, -0.2) is 0 Å². The van der Waals surface area contributed by atoms with Crippen LogP contribution in [0.15, 0.2) is 0 Å². The summed E-state index contributed by atoms with van der Waals surface area (Å²) in [4.78, 5) is 19.3. The Labute approximate surface area is 157 Å². The second-order valence-electron chi connectivity index (χ2n) is 8.14. The van der Waals surface area contributed by atoms with Crippen molar-refractivity contribution in [1.29, 1.82) is 0 Å². The van der Waals surface area contributed by atoms with Gasteiger partial charge in [0.1, 0.15) is 11.6 Å². The third-order valence-corrected chi connectivity index (χ3v) is 5.65. The summed E-state index contributed by atoms with van der Waals surface area (Å²) >= 11 is 0. The van der Waals surface area contributed by atoms with Gasteiger partial charge in [0.05, 0.1) is 13.1 Å². The molecule has 0 bridgehead atoms. The summed E-state index contributed by atoms with van der Waals surface area (Å²) in [7, 11) is 6.13. The van der Waals surface area contributed by atoms with Crippen molar-refractivity contribution in [2.75, 3.05) is 46.8 Å². The molecule has 26 heavy (non-hydrogen) atoms. The Morgan fingerprint density at radius 2 is 1.81 bits per heavy atom. The number of likely N-dealkylation sites (tertiary alicyclic amines) is 2. The predicted octanol–water partition coefficient (Wildman–Crippen LogP) is 1.46. The first-order valence-corrected chi connectivity index (χ1v) is 10.1. The van der Waals surface area contributed by atoms with Gasteiger partial charge in [-0.1, -0.05) is 12.8 Å². The van der Waals surface area contributed by atoms with Crippen LogP contribution in [-0.2, 0) is 18.4 Å². The van der Waals surface area contributed by atoms with Crippen molar-refractivity contribution >= 4 is 5.91 Å². The maximum absolute atomic E-state index is 12.8. The van der Waals surface area contributed by atoms with E-state index in [1.165, 1.54) is 25.7 Å². The van der Waals surface area contributed by atoms with Gasteiger partial charge in [-0.3, -0.25) is 9.69 Å². The van der Waals surface area contributed by atoms with Gasteiger partial charge in [0.2, 0.25) is 5.91 Å². The van der Waals surface area contributed by atoms with Crippen LogP contribution in [0.3, 0.4) is 0 Å². The first-order chi connectivity index (χ1) is 12.5. The van der Waals surface area contributed by atoms with Crippen molar-refractivity contribution in [1.82, 2.24) is 29.5 Å². The fraction of sp³-hybridized carbons (Fsp3) is 0.842. The molecule has 1 aromatic heterocycles. The normalized spacial score (nSPS) is 22.6. The summed E-state index contributed by atoms with van der Waals surface area (Å²) in [5, 5.41) is 8.82. The van der Waals surface area contributed by atoms with Gasteiger partial charge < -0.3 is 14.4 Å². The number of nitrogens with zero attached hydrogens (tertiary/aromatic N) is 6. The SMILES string of the molecule is CN(C)Cc1nnc([C@@H]2CCCN(C(=O)CN3CCCCCC3)C2)n1C. The smallest absolute Gasteiger partial charge is 0.236 e. The van der Waals surface area contributed by atoms with Crippen LogP contribution in [0.25, 0.3) is 0 Å². The highest BCUT2D eigenvalue weighted by Gasteiger charge is 2.29. The van der Waals surface area contributed by atoms with Gasteiger partial charge in [-0.15, -0.1) is 10.2 Å². The molecule has 0 aliphatic carbocycles. The van der Waals surface area contributed by atoms with Crippen molar-refractivity contribution in [3.8, 4) is 0 Å². The van der Waals surface area contributed by atoms with Crippen molar-refractivity contribution in [2.45, 2.75) is 51.0 Å². The Hall–Kier alpha value is -1.47. The lowest BCUT2D eigenvalue weighted by atomic mass is 9.97. The lowest BCUT2D eigenvalue weighted by Gasteiger charge is -2.33. The molecule has 0 aromatic carbocycles. The third-order valence-electron chi connectivity index (χ3n) is 5.65. The maximum Gasteiger partial charge on any atom is 0.236 e. The quantitative estimate of drug-likeness (QED) is 0.794. The Morgan fingerprint density at radius 1 is 1.08 bits per heavy atom. The summed E-state index contributed by atoms with van der Waals surface area (Å²) < 4.78 is 2.12. The highest BCUT2D eigenvalue weighted by molar-refractivity contribution is 5.78. The number of amides is 1. The minimum absolute atomic E-state index is 0.285. The molecule has 0 radical (unpaired) electrons. The van der Waals surface area contributed by atoms with Crippen LogP contribution in [0.5, 0.6) is 0 Å². The molecule has 1 amide bonds. The molecule has 2 aliphatic rings. The zero-order chi connectivity index (χ0) is 18.5. The molecule has 7 nitrogen and oxygen atoms in total. The zero-order valence-electron chi connectivity index (χ0n) is 16.7. The van der Waals surface area contributed by atoms with E-state index >= 15 is 0 Å². The van der Waals surface area contributed by atoms with Crippen molar-refractivity contribution in [2.24, 2.45) is 7.05 Å². The van der Waals surface area contributed by atoms with E-state index in [1.807, 2.05) is 21.1 Å². The minimum Gasteiger partial charge on any atom is -0.341 e. The van der Waals surface area contributed by atoms with E-state index in [0.29, 0.717) is 12.5 Å². The molecule has 0 saturated carbocycles. The molecular weight excluding hydrogens is 328 g/mol. The van der Waals surface area contributed by atoms with Crippen LogP contribution in [0.2, 0.25) is 0 Å². The number of piperidine rings is 1. The molecule has 7 heteroatoms. The highest BCUT2D eigenvalue weighted by Crippen LogP contribution is 2.26. The highest BCUT2D eigenvalue weighted by atomic mass is 16.2. The number of rotatable bonds is 5. The largest absolute Gasteiger partial charge is 0.341 e. The first-order valence-electron chi connectivity index (χ1n) is 10.1. The van der Waals surface area contributed by atoms with Crippen LogP contribution in [0.4, 0.5) is 0 Å². The molecule has 0 unspecified atom stereocenters. The number of hydrogen-bond acceptors (Lipinski definition) is 5. The van der Waals surface area contributed by atoms with E-state index in [4.69, 9.17) is 0 Å². The Bertz CT molecular complexity index is 591. The number of carbonyl (C=O) groups is 1. The number of hydrogen-bond donors (Lipinski definition) is 0. The second kappa shape index (κ2) is 8.95. The molecule has 1 aromatic rings. The van der Waals surface area contributed by atoms with E-state index in [-0.39, 0.29) is 5.91 Å². The molecule has 3 rings (SSSR count). The first kappa shape index (κ1) is 19.3. The fourth-order valence-electron chi connectivity index (χ4n) is 4.15. The summed E-state index contributed by atoms with van der Waals surface area (Å²) in [6.45, 7) is 5.16. The second-order valence-corrected chi connectivity index (χ2v) is 8.14. The molecule has 2 saturated heterocycles. The lowest BCUT2D eigenvalue weighted by Crippen LogP contribution is -2.45. The summed E-state index contributed by atoms with van der Waals surface area (Å²) in [5.41, 5.74) is 0. The fourth-order valence-corrected chi connectivity index (χ4v) is 4.15. The average Bonchev–Trinajstić information content (AvgIpc) is 2.82. The Balaban J connectivity index is 1.60. The zero-order valence-corrected chi connectivity index (χ0v) is 16.7. The standard InChI is InChI=1S/C19H34N6O/c1-22(2)14-17-20-21-19(23(17)3)16-9-8-12-25(13-16)18(26)15-24-10-6-4-5-7-11-24/h16H,4-15H2,1-3H3/t16-/m1/s1. The van der Waals surface area contributed by atoms with Crippen molar-refractivity contribution in [3.05, 3.63) is 11.6 Å². The number of aromatic nitrogens is 3. The van der Waals surface area contributed by atoms with Gasteiger partial charge in [0.25, 0.3) is 0 Å². The van der Waals surface area contributed by atoms with Crippen LogP contribution < -0.4 is 0 Å². The monoisotopic (exact) mass is 362 g/mol. The molecule has 0 spiro atoms. The van der Waals surface area contributed by atoms with Gasteiger partial charge >= 0.3 is 0 Å². The summed E-state index contributed by atoms with van der Waals surface area (Å²) in [6.07, 6.45) is 7.19. The molecule has 3 heterocycles. The third kappa shape index (κ3) is 4.82.